The molecule has 1 aliphatic heterocycles. The normalized spacial score (nSPS) is 19.4. The van der Waals surface area contributed by atoms with Crippen molar-refractivity contribution in [2.24, 2.45) is 0 Å². The predicted molar refractivity (Wildman–Crippen MR) is 64.0 cm³/mol. The number of rotatable bonds is 7. The maximum absolute atomic E-state index is 10.2. The molecule has 18 heavy (non-hydrogen) atoms. The number of ether oxygens (including phenoxy) is 1. The van der Waals surface area contributed by atoms with Gasteiger partial charge in [-0.3, -0.25) is 4.52 Å². The van der Waals surface area contributed by atoms with E-state index >= 15 is 0 Å². The number of nitrogens with one attached hydrogen (secondary N) is 1. The third-order valence-corrected chi connectivity index (χ3v) is 2.52. The molecule has 1 rings (SSSR count). The zero-order chi connectivity index (χ0) is 13.9. The van der Waals surface area contributed by atoms with E-state index in [2.05, 4.69) is 9.84 Å². The fourth-order valence-corrected chi connectivity index (χ4v) is 1.60. The van der Waals surface area contributed by atoms with Gasteiger partial charge in [0.2, 0.25) is 0 Å². The zero-order valence-corrected chi connectivity index (χ0v) is 11.1. The molecule has 5 N–H and O–H groups in total. The molecule has 1 saturated heterocycles. The molecule has 0 saturated carbocycles. The number of aliphatic hydroxyl groups excluding tert-OH is 2. The van der Waals surface area contributed by atoms with Crippen LogP contribution in [-0.4, -0.2) is 65.6 Å². The molecule has 0 radical (unpaired) electrons. The van der Waals surface area contributed by atoms with Crippen LogP contribution in [0.3, 0.4) is 0 Å². The van der Waals surface area contributed by atoms with Crippen molar-refractivity contribution in [3.63, 3.8) is 0 Å². The minimum Gasteiger partial charge on any atom is -0.395 e. The third-order valence-electron chi connectivity index (χ3n) is 2.03. The van der Waals surface area contributed by atoms with Crippen molar-refractivity contribution in [1.29, 1.82) is 0 Å². The second-order valence-corrected chi connectivity index (χ2v) is 4.86. The lowest BCUT2D eigenvalue weighted by atomic mass is 10.2. The van der Waals surface area contributed by atoms with Crippen molar-refractivity contribution in [2.45, 2.75) is 18.9 Å². The van der Waals surface area contributed by atoms with Crippen molar-refractivity contribution >= 4 is 7.82 Å². The van der Waals surface area contributed by atoms with Gasteiger partial charge in [-0.1, -0.05) is 0 Å². The van der Waals surface area contributed by atoms with E-state index in [-0.39, 0.29) is 25.9 Å². The number of hydrogen-bond acceptors (Lipinski definition) is 6. The molecular weight excluding hydrogens is 265 g/mol. The van der Waals surface area contributed by atoms with Gasteiger partial charge in [0, 0.05) is 19.7 Å². The number of phosphoric ester groups is 1. The largest absolute Gasteiger partial charge is 0.469 e. The minimum absolute atomic E-state index is 0.00965. The van der Waals surface area contributed by atoms with E-state index in [1.54, 1.807) is 0 Å². The second kappa shape index (κ2) is 10.8. The summed E-state index contributed by atoms with van der Waals surface area (Å²) in [6.45, 7) is 2.07. The average Bonchev–Trinajstić information content (AvgIpc) is 2.80. The molecule has 0 spiro atoms. The molecule has 1 aliphatic rings. The Morgan fingerprint density at radius 2 is 1.89 bits per heavy atom. The van der Waals surface area contributed by atoms with Gasteiger partial charge < -0.3 is 30.1 Å². The Morgan fingerprint density at radius 1 is 1.28 bits per heavy atom. The molecular formula is C9H22NO7P. The highest BCUT2D eigenvalue weighted by Crippen LogP contribution is 2.36. The quantitative estimate of drug-likeness (QED) is 0.293. The van der Waals surface area contributed by atoms with Gasteiger partial charge in [0.25, 0.3) is 0 Å². The summed E-state index contributed by atoms with van der Waals surface area (Å²) in [4.78, 5) is 16.6. The average molecular weight is 287 g/mol. The molecule has 0 bridgehead atoms. The first-order valence-corrected chi connectivity index (χ1v) is 7.26. The number of phosphoric acid groups is 1. The summed E-state index contributed by atoms with van der Waals surface area (Å²) in [6, 6.07) is 0. The highest BCUT2D eigenvalue weighted by Gasteiger charge is 2.21. The lowest BCUT2D eigenvalue weighted by Crippen LogP contribution is -2.21. The second-order valence-electron chi connectivity index (χ2n) is 3.62. The van der Waals surface area contributed by atoms with Crippen molar-refractivity contribution < 1.29 is 33.8 Å². The molecule has 9 heteroatoms. The van der Waals surface area contributed by atoms with E-state index in [4.69, 9.17) is 24.7 Å². The highest BCUT2D eigenvalue weighted by molar-refractivity contribution is 7.46. The van der Waals surface area contributed by atoms with Crippen molar-refractivity contribution in [3.8, 4) is 0 Å². The van der Waals surface area contributed by atoms with Crippen LogP contribution in [0, 0.1) is 0 Å². The van der Waals surface area contributed by atoms with Gasteiger partial charge in [-0.2, -0.15) is 0 Å². The fraction of sp³-hybridized carbons (Fsp3) is 1.00. The molecule has 110 valence electrons. The van der Waals surface area contributed by atoms with Gasteiger partial charge in [0.15, 0.2) is 0 Å². The number of hydrogen-bond donors (Lipinski definition) is 5. The molecule has 0 aromatic carbocycles. The lowest BCUT2D eigenvalue weighted by molar-refractivity contribution is 0.0547. The van der Waals surface area contributed by atoms with Crippen LogP contribution in [0.5, 0.6) is 0 Å². The van der Waals surface area contributed by atoms with Gasteiger partial charge in [-0.15, -0.1) is 0 Å². The third kappa shape index (κ3) is 12.4. The summed E-state index contributed by atoms with van der Waals surface area (Å²) in [6.07, 6.45) is 1.62. The van der Waals surface area contributed by atoms with E-state index < -0.39 is 7.82 Å². The molecule has 8 nitrogen and oxygen atoms in total. The molecule has 0 aliphatic carbocycles. The molecule has 1 heterocycles. The first-order chi connectivity index (χ1) is 8.49. The summed E-state index contributed by atoms with van der Waals surface area (Å²) in [5.74, 6) is 0. The Hall–Kier alpha value is -0.0500. The lowest BCUT2D eigenvalue weighted by Gasteiger charge is -2.09. The standard InChI is InChI=1S/C5H11O5P.C4H11NO2/c6-11(7,8)10-4-5-2-1-3-9-5;6-3-1-5-2-4-7/h5H,1-4H2,(H2,6,7,8);5-7H,1-4H2. The maximum Gasteiger partial charge on any atom is 0.469 e. The van der Waals surface area contributed by atoms with Crippen LogP contribution in [0.2, 0.25) is 0 Å². The van der Waals surface area contributed by atoms with E-state index in [0.29, 0.717) is 19.7 Å². The Kier molecular flexibility index (Phi) is 10.8. The maximum atomic E-state index is 10.2. The van der Waals surface area contributed by atoms with Crippen LogP contribution in [0.15, 0.2) is 0 Å². The minimum atomic E-state index is -4.30. The monoisotopic (exact) mass is 287 g/mol. The summed E-state index contributed by atoms with van der Waals surface area (Å²) in [7, 11) is -4.30. The van der Waals surface area contributed by atoms with Gasteiger partial charge in [0.05, 0.1) is 25.9 Å². The molecule has 0 amide bonds. The summed E-state index contributed by atoms with van der Waals surface area (Å²) in [5.41, 5.74) is 0. The van der Waals surface area contributed by atoms with E-state index in [1.807, 2.05) is 0 Å². The SMILES string of the molecule is O=P(O)(O)OCC1CCCO1.OCCNCCO. The predicted octanol–water partition coefficient (Wildman–Crippen LogP) is -1.16. The van der Waals surface area contributed by atoms with Crippen LogP contribution in [-0.2, 0) is 13.8 Å². The van der Waals surface area contributed by atoms with Crippen LogP contribution in [0.4, 0.5) is 0 Å². The summed E-state index contributed by atoms with van der Waals surface area (Å²) >= 11 is 0. The first-order valence-electron chi connectivity index (χ1n) is 5.73. The van der Waals surface area contributed by atoms with Crippen molar-refractivity contribution in [1.82, 2.24) is 5.32 Å². The van der Waals surface area contributed by atoms with Gasteiger partial charge in [0.1, 0.15) is 0 Å². The molecule has 1 unspecified atom stereocenters. The number of aliphatic hydroxyl groups is 2. The topological polar surface area (TPSA) is 128 Å². The smallest absolute Gasteiger partial charge is 0.395 e. The fourth-order valence-electron chi connectivity index (χ4n) is 1.24. The Bertz CT molecular complexity index is 225. The van der Waals surface area contributed by atoms with Gasteiger partial charge >= 0.3 is 7.82 Å². The van der Waals surface area contributed by atoms with Gasteiger partial charge in [-0.25, -0.2) is 4.57 Å². The molecule has 0 aromatic heterocycles. The molecule has 1 atom stereocenters. The van der Waals surface area contributed by atoms with E-state index in [1.165, 1.54) is 0 Å². The molecule has 0 aromatic rings. The van der Waals surface area contributed by atoms with Crippen molar-refractivity contribution in [2.75, 3.05) is 39.5 Å². The summed E-state index contributed by atoms with van der Waals surface area (Å²) in [5, 5.41) is 19.1. The molecule has 1 fully saturated rings. The van der Waals surface area contributed by atoms with Gasteiger partial charge in [-0.05, 0) is 12.8 Å². The zero-order valence-electron chi connectivity index (χ0n) is 10.2. The van der Waals surface area contributed by atoms with Crippen LogP contribution < -0.4 is 5.32 Å². The Labute approximate surface area is 106 Å². The van der Waals surface area contributed by atoms with Crippen LogP contribution >= 0.6 is 7.82 Å². The van der Waals surface area contributed by atoms with Crippen LogP contribution in [0.1, 0.15) is 12.8 Å². The Balaban J connectivity index is 0.000000360. The Morgan fingerprint density at radius 3 is 2.28 bits per heavy atom. The van der Waals surface area contributed by atoms with E-state index in [9.17, 15) is 4.57 Å². The summed E-state index contributed by atoms with van der Waals surface area (Å²) < 4.78 is 19.5. The first kappa shape index (κ1) is 17.9. The highest BCUT2D eigenvalue weighted by atomic mass is 31.2. The van der Waals surface area contributed by atoms with Crippen molar-refractivity contribution in [3.05, 3.63) is 0 Å². The van der Waals surface area contributed by atoms with Crippen LogP contribution in [0.25, 0.3) is 0 Å². The van der Waals surface area contributed by atoms with E-state index in [0.717, 1.165) is 12.8 Å².